The lowest BCUT2D eigenvalue weighted by Gasteiger charge is -2.11. The highest BCUT2D eigenvalue weighted by Crippen LogP contribution is 2.51. The van der Waals surface area contributed by atoms with Crippen LogP contribution in [0.5, 0.6) is 0 Å². The summed E-state index contributed by atoms with van der Waals surface area (Å²) in [5, 5.41) is 21.3. The number of hydrogen-bond acceptors (Lipinski definition) is 4. The van der Waals surface area contributed by atoms with Crippen molar-refractivity contribution in [1.29, 1.82) is 0 Å². The number of benzene rings is 1. The van der Waals surface area contributed by atoms with Crippen molar-refractivity contribution in [3.05, 3.63) is 78.9 Å². The normalized spacial score (nSPS) is 14.3. The summed E-state index contributed by atoms with van der Waals surface area (Å²) in [4.78, 5) is 1.69. The minimum atomic E-state index is -0.746. The summed E-state index contributed by atoms with van der Waals surface area (Å²) in [6.45, 7) is 5.82. The Kier molecular flexibility index (Phi) is 5.98. The Balaban J connectivity index is 2.04. The second-order valence-electron chi connectivity index (χ2n) is 5.51. The highest BCUT2D eigenvalue weighted by atomic mass is 79.9. The average molecular weight is 500 g/mol. The number of allylic oxidation sites excluding steroid dienone is 1. The summed E-state index contributed by atoms with van der Waals surface area (Å²) in [6, 6.07) is 9.59. The molecule has 0 amide bonds. The fourth-order valence-electron chi connectivity index (χ4n) is 2.53. The average Bonchev–Trinajstić information content (AvgIpc) is 3.12. The SMILES string of the molecule is C=C(C=CC)C(O)c1sc2c(Br)c(C(O)c3ccccc3)sc2c1Br. The van der Waals surface area contributed by atoms with Crippen molar-refractivity contribution in [3.63, 3.8) is 0 Å². The summed E-state index contributed by atoms with van der Waals surface area (Å²) in [6.07, 6.45) is 2.24. The number of halogens is 2. The van der Waals surface area contributed by atoms with Gasteiger partial charge in [-0.1, -0.05) is 49.1 Å². The van der Waals surface area contributed by atoms with Crippen LogP contribution in [0.25, 0.3) is 9.40 Å². The van der Waals surface area contributed by atoms with Gasteiger partial charge in [0.25, 0.3) is 0 Å². The van der Waals surface area contributed by atoms with Crippen molar-refractivity contribution >= 4 is 63.9 Å². The number of hydrogen-bond donors (Lipinski definition) is 2. The zero-order valence-corrected chi connectivity index (χ0v) is 18.2. The second-order valence-corrected chi connectivity index (χ2v) is 9.20. The largest absolute Gasteiger partial charge is 0.383 e. The van der Waals surface area contributed by atoms with Gasteiger partial charge in [0, 0.05) is 0 Å². The fraction of sp³-hybridized carbons (Fsp3) is 0.158. The number of aliphatic hydroxyl groups excluding tert-OH is 2. The van der Waals surface area contributed by atoms with Gasteiger partial charge in [0.2, 0.25) is 0 Å². The molecule has 25 heavy (non-hydrogen) atoms. The number of thiophene rings is 2. The molecule has 3 aromatic rings. The molecule has 130 valence electrons. The van der Waals surface area contributed by atoms with E-state index in [4.69, 9.17) is 0 Å². The van der Waals surface area contributed by atoms with Gasteiger partial charge < -0.3 is 10.2 Å². The lowest BCUT2D eigenvalue weighted by atomic mass is 10.1. The summed E-state index contributed by atoms with van der Waals surface area (Å²) >= 11 is 10.3. The molecule has 0 radical (unpaired) electrons. The Morgan fingerprint density at radius 2 is 1.60 bits per heavy atom. The molecule has 0 saturated carbocycles. The van der Waals surface area contributed by atoms with E-state index in [9.17, 15) is 10.2 Å². The van der Waals surface area contributed by atoms with E-state index in [1.807, 2.05) is 49.4 Å². The van der Waals surface area contributed by atoms with Crippen molar-refractivity contribution in [3.8, 4) is 0 Å². The first-order valence-corrected chi connectivity index (χ1v) is 10.8. The molecule has 0 aliphatic rings. The standard InChI is InChI=1S/C19H16Br2O2S2/c1-3-7-10(2)14(22)16-12(20)18-19(24-16)13(21)17(25-18)15(23)11-8-5-4-6-9-11/h3-9,14-15,22-23H,2H2,1H3. The first-order valence-electron chi connectivity index (χ1n) is 7.58. The van der Waals surface area contributed by atoms with Gasteiger partial charge in [-0.15, -0.1) is 22.7 Å². The van der Waals surface area contributed by atoms with Crippen LogP contribution in [0, 0.1) is 0 Å². The van der Waals surface area contributed by atoms with Crippen LogP contribution in [0.3, 0.4) is 0 Å². The first-order chi connectivity index (χ1) is 12.0. The van der Waals surface area contributed by atoms with Gasteiger partial charge >= 0.3 is 0 Å². The maximum atomic E-state index is 10.7. The van der Waals surface area contributed by atoms with E-state index in [1.165, 1.54) is 22.7 Å². The smallest absolute Gasteiger partial charge is 0.114 e. The predicted molar refractivity (Wildman–Crippen MR) is 115 cm³/mol. The minimum absolute atomic E-state index is 0.651. The van der Waals surface area contributed by atoms with Gasteiger partial charge in [0.05, 0.1) is 28.1 Å². The molecular weight excluding hydrogens is 484 g/mol. The van der Waals surface area contributed by atoms with Crippen molar-refractivity contribution < 1.29 is 10.2 Å². The van der Waals surface area contributed by atoms with Crippen molar-refractivity contribution in [2.75, 3.05) is 0 Å². The van der Waals surface area contributed by atoms with Gasteiger partial charge in [-0.25, -0.2) is 0 Å². The molecule has 0 aliphatic carbocycles. The summed E-state index contributed by atoms with van der Waals surface area (Å²) in [7, 11) is 0. The highest BCUT2D eigenvalue weighted by Gasteiger charge is 2.26. The molecule has 2 nitrogen and oxygen atoms in total. The number of fused-ring (bicyclic) bond motifs is 1. The van der Waals surface area contributed by atoms with Gasteiger partial charge in [-0.05, 0) is 49.9 Å². The molecule has 2 aromatic heterocycles. The fourth-order valence-corrected chi connectivity index (χ4v) is 7.09. The molecule has 1 aromatic carbocycles. The van der Waals surface area contributed by atoms with E-state index in [0.29, 0.717) is 5.57 Å². The lowest BCUT2D eigenvalue weighted by Crippen LogP contribution is -1.97. The van der Waals surface area contributed by atoms with E-state index in [1.54, 1.807) is 0 Å². The van der Waals surface area contributed by atoms with Gasteiger partial charge in [0.15, 0.2) is 0 Å². The van der Waals surface area contributed by atoms with Crippen LogP contribution in [0.1, 0.15) is 34.4 Å². The van der Waals surface area contributed by atoms with E-state index in [2.05, 4.69) is 38.4 Å². The highest BCUT2D eigenvalue weighted by molar-refractivity contribution is 9.11. The van der Waals surface area contributed by atoms with E-state index in [0.717, 1.165) is 33.7 Å². The van der Waals surface area contributed by atoms with Crippen LogP contribution in [0.4, 0.5) is 0 Å². The molecule has 2 atom stereocenters. The topological polar surface area (TPSA) is 40.5 Å². The Morgan fingerprint density at radius 3 is 2.20 bits per heavy atom. The van der Waals surface area contributed by atoms with Crippen LogP contribution in [-0.4, -0.2) is 10.2 Å². The summed E-state index contributed by atoms with van der Waals surface area (Å²) in [5.41, 5.74) is 1.51. The molecule has 2 unspecified atom stereocenters. The first kappa shape index (κ1) is 19.0. The molecule has 3 rings (SSSR count). The molecular formula is C19H16Br2O2S2. The summed E-state index contributed by atoms with van der Waals surface area (Å²) in [5.74, 6) is 0. The minimum Gasteiger partial charge on any atom is -0.383 e. The van der Waals surface area contributed by atoms with E-state index in [-0.39, 0.29) is 0 Å². The van der Waals surface area contributed by atoms with Crippen molar-refractivity contribution in [2.45, 2.75) is 19.1 Å². The number of rotatable bonds is 5. The number of aliphatic hydroxyl groups is 2. The lowest BCUT2D eigenvalue weighted by molar-refractivity contribution is 0.223. The van der Waals surface area contributed by atoms with Crippen LogP contribution < -0.4 is 0 Å². The molecule has 0 fully saturated rings. The maximum Gasteiger partial charge on any atom is 0.114 e. The summed E-state index contributed by atoms with van der Waals surface area (Å²) < 4.78 is 3.78. The maximum absolute atomic E-state index is 10.7. The molecule has 0 aliphatic heterocycles. The van der Waals surface area contributed by atoms with Crippen LogP contribution in [0.15, 0.2) is 63.6 Å². The van der Waals surface area contributed by atoms with Crippen LogP contribution in [0.2, 0.25) is 0 Å². The Morgan fingerprint density at radius 1 is 1.04 bits per heavy atom. The predicted octanol–water partition coefficient (Wildman–Crippen LogP) is 6.74. The molecule has 2 N–H and O–H groups in total. The van der Waals surface area contributed by atoms with Crippen molar-refractivity contribution in [2.24, 2.45) is 0 Å². The third-order valence-electron chi connectivity index (χ3n) is 3.81. The third kappa shape index (κ3) is 3.56. The van der Waals surface area contributed by atoms with Gasteiger partial charge in [0.1, 0.15) is 12.2 Å². The quantitative estimate of drug-likeness (QED) is 0.382. The molecule has 0 saturated heterocycles. The third-order valence-corrected chi connectivity index (χ3v) is 9.15. The molecule has 0 bridgehead atoms. The Labute approximate surface area is 171 Å². The van der Waals surface area contributed by atoms with Gasteiger partial charge in [-0.2, -0.15) is 0 Å². The monoisotopic (exact) mass is 498 g/mol. The van der Waals surface area contributed by atoms with E-state index >= 15 is 0 Å². The van der Waals surface area contributed by atoms with Crippen molar-refractivity contribution in [1.82, 2.24) is 0 Å². The Hall–Kier alpha value is -0.760. The molecule has 6 heteroatoms. The second kappa shape index (κ2) is 7.86. The molecule has 0 spiro atoms. The van der Waals surface area contributed by atoms with Crippen LogP contribution >= 0.6 is 54.5 Å². The Bertz CT molecular complexity index is 941. The van der Waals surface area contributed by atoms with Gasteiger partial charge in [-0.3, -0.25) is 0 Å². The van der Waals surface area contributed by atoms with E-state index < -0.39 is 12.2 Å². The zero-order chi connectivity index (χ0) is 18.1. The van der Waals surface area contributed by atoms with Crippen LogP contribution in [-0.2, 0) is 0 Å². The zero-order valence-electron chi connectivity index (χ0n) is 13.4. The molecule has 2 heterocycles.